The Kier molecular flexibility index (Phi) is 11.2. The zero-order chi connectivity index (χ0) is 38.9. The number of pyridine rings is 2. The summed E-state index contributed by atoms with van der Waals surface area (Å²) in [4.78, 5) is 64.2. The van der Waals surface area contributed by atoms with Gasteiger partial charge in [0.15, 0.2) is 0 Å². The minimum absolute atomic E-state index is 0.0187. The van der Waals surface area contributed by atoms with Gasteiger partial charge < -0.3 is 34.4 Å². The van der Waals surface area contributed by atoms with Crippen molar-refractivity contribution in [3.8, 4) is 0 Å². The first-order valence-electron chi connectivity index (χ1n) is 17.2. The second-order valence-electron chi connectivity index (χ2n) is 12.5. The predicted octanol–water partition coefficient (Wildman–Crippen LogP) is 5.19. The summed E-state index contributed by atoms with van der Waals surface area (Å²) in [5.74, 6) is -1.45. The molecule has 0 fully saturated rings. The maximum absolute atomic E-state index is 13.0. The summed E-state index contributed by atoms with van der Waals surface area (Å²) in [5, 5.41) is 14.5. The van der Waals surface area contributed by atoms with E-state index in [2.05, 4.69) is 40.6 Å². The molecule has 282 valence electrons. The molecule has 2 aliphatic rings. The topological polar surface area (TPSA) is 205 Å². The van der Waals surface area contributed by atoms with Crippen LogP contribution in [0.3, 0.4) is 0 Å². The Bertz CT molecular complexity index is 2370. The number of rotatable bonds is 11. The smallest absolute Gasteiger partial charge is 0.335 e. The van der Waals surface area contributed by atoms with Crippen LogP contribution in [0.2, 0.25) is 0 Å². The third kappa shape index (κ3) is 9.51. The van der Waals surface area contributed by atoms with E-state index in [1.54, 1.807) is 73.9 Å². The summed E-state index contributed by atoms with van der Waals surface area (Å²) in [6.07, 6.45) is 9.89. The van der Waals surface area contributed by atoms with Gasteiger partial charge in [0.1, 0.15) is 17.2 Å². The second-order valence-corrected chi connectivity index (χ2v) is 12.5. The highest BCUT2D eigenvalue weighted by atomic mass is 19.1. The van der Waals surface area contributed by atoms with Gasteiger partial charge in [0, 0.05) is 51.0 Å². The molecular formula is C39H33FN10O6. The molecule has 3 N–H and O–H groups in total. The highest BCUT2D eigenvalue weighted by molar-refractivity contribution is 5.90. The number of benzene rings is 2. The average molecular weight is 757 g/mol. The number of fused-ring (bicyclic) bond motifs is 2. The molecule has 2 aliphatic heterocycles. The quantitative estimate of drug-likeness (QED) is 0.156. The molecule has 0 unspecified atom stereocenters. The summed E-state index contributed by atoms with van der Waals surface area (Å²) < 4.78 is 23.9. The maximum atomic E-state index is 13.0. The van der Waals surface area contributed by atoms with Gasteiger partial charge in [-0.2, -0.15) is 0 Å². The van der Waals surface area contributed by atoms with Gasteiger partial charge in [-0.25, -0.2) is 29.1 Å². The van der Waals surface area contributed by atoms with Crippen molar-refractivity contribution < 1.29 is 32.7 Å². The van der Waals surface area contributed by atoms with Gasteiger partial charge in [-0.3, -0.25) is 19.6 Å². The van der Waals surface area contributed by atoms with Crippen LogP contribution in [0, 0.1) is 5.82 Å². The van der Waals surface area contributed by atoms with Crippen LogP contribution in [0.25, 0.3) is 0 Å². The van der Waals surface area contributed by atoms with E-state index in [1.807, 2.05) is 34.1 Å². The Morgan fingerprint density at radius 1 is 0.625 bits per heavy atom. The van der Waals surface area contributed by atoms with Crippen LogP contribution >= 0.6 is 0 Å². The molecule has 6 heterocycles. The number of carbonyl (C=O) groups excluding carboxylic acids is 2. The average Bonchev–Trinajstić information content (AvgIpc) is 3.86. The Morgan fingerprint density at radius 3 is 1.48 bits per heavy atom. The summed E-state index contributed by atoms with van der Waals surface area (Å²) in [6, 6.07) is 20.2. The van der Waals surface area contributed by atoms with Crippen LogP contribution in [0.4, 0.5) is 16.2 Å². The van der Waals surface area contributed by atoms with E-state index in [0.717, 1.165) is 22.3 Å². The van der Waals surface area contributed by atoms with Crippen LogP contribution in [0.15, 0.2) is 116 Å². The molecule has 16 nitrogen and oxygen atoms in total. The zero-order valence-corrected chi connectivity index (χ0v) is 29.6. The van der Waals surface area contributed by atoms with Gasteiger partial charge in [-0.05, 0) is 70.8 Å². The fourth-order valence-corrected chi connectivity index (χ4v) is 5.55. The SMILES string of the molecule is O=C(NCc1ccncc1)c1nc2c(o1)N=CN(Cc1ccc(F)cc1)C2.O=C(O)c1ccc(CN2C=Nc3oc(C(=O)NCc4ccncc4)nc3C2)cc1. The van der Waals surface area contributed by atoms with Crippen molar-refractivity contribution in [2.45, 2.75) is 39.3 Å². The van der Waals surface area contributed by atoms with Crippen LogP contribution in [0.1, 0.15) is 65.4 Å². The van der Waals surface area contributed by atoms with Gasteiger partial charge >= 0.3 is 17.8 Å². The summed E-state index contributed by atoms with van der Waals surface area (Å²) in [6.45, 7) is 2.67. The molecule has 0 bridgehead atoms. The Morgan fingerprint density at radius 2 is 1.05 bits per heavy atom. The number of carboxylic acid groups (broad SMARTS) is 1. The molecule has 0 aliphatic carbocycles. The fourth-order valence-electron chi connectivity index (χ4n) is 5.55. The number of carbonyl (C=O) groups is 3. The van der Waals surface area contributed by atoms with Gasteiger partial charge in [0.05, 0.1) is 31.3 Å². The number of hydrogen-bond donors (Lipinski definition) is 3. The molecule has 17 heteroatoms. The molecule has 0 saturated heterocycles. The first-order valence-corrected chi connectivity index (χ1v) is 17.2. The van der Waals surface area contributed by atoms with Crippen molar-refractivity contribution in [3.63, 3.8) is 0 Å². The Labute approximate surface area is 318 Å². The number of carboxylic acids is 1. The van der Waals surface area contributed by atoms with Crippen LogP contribution in [-0.4, -0.2) is 65.3 Å². The van der Waals surface area contributed by atoms with Gasteiger partial charge in [-0.15, -0.1) is 0 Å². The van der Waals surface area contributed by atoms with E-state index in [1.165, 1.54) is 12.1 Å². The van der Waals surface area contributed by atoms with Crippen molar-refractivity contribution in [2.24, 2.45) is 9.98 Å². The van der Waals surface area contributed by atoms with E-state index in [-0.39, 0.29) is 23.2 Å². The number of nitrogens with one attached hydrogen (secondary N) is 2. The van der Waals surface area contributed by atoms with E-state index in [9.17, 15) is 18.8 Å². The molecule has 2 amide bonds. The monoisotopic (exact) mass is 756 g/mol. The second kappa shape index (κ2) is 17.1. The summed E-state index contributed by atoms with van der Waals surface area (Å²) in [5.41, 5.74) is 5.13. The number of nitrogens with zero attached hydrogens (tertiary/aromatic N) is 8. The maximum Gasteiger partial charge on any atom is 0.335 e. The third-order valence-electron chi connectivity index (χ3n) is 8.41. The number of halogens is 1. The number of amides is 2. The highest BCUT2D eigenvalue weighted by Gasteiger charge is 2.24. The first-order chi connectivity index (χ1) is 27.3. The molecule has 4 aromatic heterocycles. The van der Waals surface area contributed by atoms with Gasteiger partial charge in [-0.1, -0.05) is 24.3 Å². The largest absolute Gasteiger partial charge is 0.478 e. The molecular weight excluding hydrogens is 723 g/mol. The Hall–Kier alpha value is -7.56. The highest BCUT2D eigenvalue weighted by Crippen LogP contribution is 2.27. The summed E-state index contributed by atoms with van der Waals surface area (Å²) >= 11 is 0. The Balaban J connectivity index is 0.000000172. The van der Waals surface area contributed by atoms with Crippen LogP contribution < -0.4 is 10.6 Å². The number of oxazole rings is 2. The van der Waals surface area contributed by atoms with E-state index < -0.39 is 17.8 Å². The van der Waals surface area contributed by atoms with Gasteiger partial charge in [0.25, 0.3) is 11.8 Å². The number of aromatic nitrogens is 4. The predicted molar refractivity (Wildman–Crippen MR) is 198 cm³/mol. The molecule has 0 atom stereocenters. The molecule has 56 heavy (non-hydrogen) atoms. The van der Waals surface area contributed by atoms with Crippen molar-refractivity contribution in [2.75, 3.05) is 0 Å². The number of aliphatic imine (C=N–C) groups is 2. The van der Waals surface area contributed by atoms with Crippen molar-refractivity contribution in [1.82, 2.24) is 40.4 Å². The van der Waals surface area contributed by atoms with E-state index in [4.69, 9.17) is 13.9 Å². The lowest BCUT2D eigenvalue weighted by Gasteiger charge is -2.21. The minimum atomic E-state index is -0.960. The number of hydrogen-bond acceptors (Lipinski definition) is 13. The molecule has 0 radical (unpaired) electrons. The molecule has 0 spiro atoms. The normalized spacial score (nSPS) is 12.6. The molecule has 8 rings (SSSR count). The minimum Gasteiger partial charge on any atom is -0.478 e. The fraction of sp³-hybridized carbons (Fsp3) is 0.154. The lowest BCUT2D eigenvalue weighted by atomic mass is 10.1. The summed E-state index contributed by atoms with van der Waals surface area (Å²) in [7, 11) is 0. The zero-order valence-electron chi connectivity index (χ0n) is 29.6. The first kappa shape index (κ1) is 36.8. The van der Waals surface area contributed by atoms with Gasteiger partial charge in [0.2, 0.25) is 11.8 Å². The van der Waals surface area contributed by atoms with Crippen molar-refractivity contribution in [3.05, 3.63) is 154 Å². The van der Waals surface area contributed by atoms with Crippen LogP contribution in [-0.2, 0) is 39.3 Å². The molecule has 6 aromatic rings. The molecule has 2 aromatic carbocycles. The van der Waals surface area contributed by atoms with E-state index >= 15 is 0 Å². The lowest BCUT2D eigenvalue weighted by molar-refractivity contribution is 0.0696. The number of aromatic carboxylic acids is 1. The van der Waals surface area contributed by atoms with Crippen LogP contribution in [0.5, 0.6) is 0 Å². The van der Waals surface area contributed by atoms with E-state index in [0.29, 0.717) is 62.4 Å². The lowest BCUT2D eigenvalue weighted by Crippen LogP contribution is -2.24. The third-order valence-corrected chi connectivity index (χ3v) is 8.41. The molecule has 0 saturated carbocycles. The van der Waals surface area contributed by atoms with Crippen molar-refractivity contribution in [1.29, 1.82) is 0 Å². The van der Waals surface area contributed by atoms with Crippen molar-refractivity contribution >= 4 is 42.2 Å². The standard InChI is InChI=1S/C20H17N5O4.C19H16FN5O2/c26-17(22-9-13-5-7-21-8-6-13)19-24-16-11-25(12-23-18(16)29-19)10-14-1-3-15(4-2-14)20(27)28;20-15-3-1-14(2-4-15)10-25-11-16-18(23-12-25)27-19(24-16)17(26)22-9-13-5-7-21-8-6-13/h1-8,12H,9-11H2,(H,22,26)(H,27,28);1-8,12H,9-11H2,(H,22,26).